The number of nitrogens with one attached hydrogen (secondary N) is 1. The highest BCUT2D eigenvalue weighted by atomic mass is 32.2. The number of aromatic amines is 1. The van der Waals surface area contributed by atoms with Crippen LogP contribution in [-0.2, 0) is 0 Å². The Bertz CT molecular complexity index is 576. The lowest BCUT2D eigenvalue weighted by atomic mass is 10.1. The molecule has 19 heavy (non-hydrogen) atoms. The zero-order valence-electron chi connectivity index (χ0n) is 11.5. The van der Waals surface area contributed by atoms with E-state index < -0.39 is 11.2 Å². The molecule has 2 N–H and O–H groups in total. The van der Waals surface area contributed by atoms with E-state index in [1.54, 1.807) is 11.8 Å². The van der Waals surface area contributed by atoms with Crippen molar-refractivity contribution in [1.82, 2.24) is 9.55 Å². The number of hydrogen-bond donors (Lipinski definition) is 2. The number of thioether (sulfide) groups is 1. The predicted octanol–water partition coefficient (Wildman–Crippen LogP) is 1.82. The molecule has 0 radical (unpaired) electrons. The molecule has 0 amide bonds. The van der Waals surface area contributed by atoms with Gasteiger partial charge >= 0.3 is 5.69 Å². The first-order valence-electron chi connectivity index (χ1n) is 6.56. The summed E-state index contributed by atoms with van der Waals surface area (Å²) in [6.07, 6.45) is 4.82. The van der Waals surface area contributed by atoms with Crippen molar-refractivity contribution in [2.75, 3.05) is 6.26 Å². The Morgan fingerprint density at radius 3 is 2.58 bits per heavy atom. The topological polar surface area (TPSA) is 75.1 Å². The van der Waals surface area contributed by atoms with Crippen molar-refractivity contribution in [3.63, 3.8) is 0 Å². The monoisotopic (exact) mass is 284 g/mol. The third-order valence-electron chi connectivity index (χ3n) is 3.79. The molecule has 2 atom stereocenters. The summed E-state index contributed by atoms with van der Waals surface area (Å²) in [4.78, 5) is 26.0. The molecule has 0 saturated heterocycles. The highest BCUT2D eigenvalue weighted by Crippen LogP contribution is 2.37. The van der Waals surface area contributed by atoms with Crippen LogP contribution in [0, 0.1) is 0 Å². The highest BCUT2D eigenvalue weighted by molar-refractivity contribution is 7.99. The molecule has 2 unspecified atom stereocenters. The molecular formula is C13H20N2O3S. The molecule has 1 aliphatic carbocycles. The molecule has 5 nitrogen and oxygen atoms in total. The van der Waals surface area contributed by atoms with Gasteiger partial charge in [-0.05, 0) is 31.4 Å². The summed E-state index contributed by atoms with van der Waals surface area (Å²) in [5.74, 6) is -0.274. The van der Waals surface area contributed by atoms with Gasteiger partial charge in [0.2, 0.25) is 5.88 Å². The largest absolute Gasteiger partial charge is 0.494 e. The van der Waals surface area contributed by atoms with Crippen molar-refractivity contribution in [2.45, 2.75) is 50.3 Å². The first-order chi connectivity index (χ1) is 8.95. The van der Waals surface area contributed by atoms with Crippen LogP contribution in [0.15, 0.2) is 9.59 Å². The SMILES string of the molecule is CSC1CCC(n2c(O)c(C(C)C)c(=O)[nH]c2=O)C1. The van der Waals surface area contributed by atoms with Crippen LogP contribution in [0.3, 0.4) is 0 Å². The van der Waals surface area contributed by atoms with Crippen molar-refractivity contribution in [2.24, 2.45) is 0 Å². The summed E-state index contributed by atoms with van der Waals surface area (Å²) < 4.78 is 1.37. The molecule has 0 aliphatic heterocycles. The second-order valence-corrected chi connectivity index (χ2v) is 6.48. The number of H-pyrrole nitrogens is 1. The summed E-state index contributed by atoms with van der Waals surface area (Å²) in [5, 5.41) is 10.8. The van der Waals surface area contributed by atoms with Crippen LogP contribution in [0.25, 0.3) is 0 Å². The summed E-state index contributed by atoms with van der Waals surface area (Å²) in [7, 11) is 0. The van der Waals surface area contributed by atoms with Gasteiger partial charge in [0.25, 0.3) is 5.56 Å². The molecule has 106 valence electrons. The molecule has 1 aromatic rings. The molecule has 1 saturated carbocycles. The summed E-state index contributed by atoms with van der Waals surface area (Å²) in [5.41, 5.74) is -0.681. The van der Waals surface area contributed by atoms with E-state index in [1.807, 2.05) is 13.8 Å². The van der Waals surface area contributed by atoms with E-state index in [0.717, 1.165) is 19.3 Å². The number of nitrogens with zero attached hydrogens (tertiary/aromatic N) is 1. The summed E-state index contributed by atoms with van der Waals surface area (Å²) in [6.45, 7) is 3.66. The Labute approximate surface area is 116 Å². The fraction of sp³-hybridized carbons (Fsp3) is 0.692. The molecule has 2 rings (SSSR count). The van der Waals surface area contributed by atoms with Crippen molar-refractivity contribution >= 4 is 11.8 Å². The van der Waals surface area contributed by atoms with E-state index in [2.05, 4.69) is 11.2 Å². The van der Waals surface area contributed by atoms with Crippen molar-refractivity contribution in [1.29, 1.82) is 0 Å². The van der Waals surface area contributed by atoms with E-state index in [-0.39, 0.29) is 17.8 Å². The molecule has 0 aromatic carbocycles. The van der Waals surface area contributed by atoms with Crippen molar-refractivity contribution < 1.29 is 5.11 Å². The zero-order valence-corrected chi connectivity index (χ0v) is 12.3. The van der Waals surface area contributed by atoms with Gasteiger partial charge < -0.3 is 5.11 Å². The molecule has 1 aliphatic rings. The van der Waals surface area contributed by atoms with Crippen LogP contribution in [-0.4, -0.2) is 26.2 Å². The number of aromatic hydroxyl groups is 1. The maximum atomic E-state index is 12.0. The fourth-order valence-corrected chi connectivity index (χ4v) is 3.56. The van der Waals surface area contributed by atoms with Gasteiger partial charge in [-0.25, -0.2) is 4.79 Å². The van der Waals surface area contributed by atoms with E-state index in [0.29, 0.717) is 10.8 Å². The van der Waals surface area contributed by atoms with Crippen LogP contribution < -0.4 is 11.2 Å². The van der Waals surface area contributed by atoms with Gasteiger partial charge in [-0.15, -0.1) is 0 Å². The van der Waals surface area contributed by atoms with E-state index in [4.69, 9.17) is 0 Å². The molecular weight excluding hydrogens is 264 g/mol. The molecule has 0 spiro atoms. The number of aromatic nitrogens is 2. The number of hydrogen-bond acceptors (Lipinski definition) is 4. The fourth-order valence-electron chi connectivity index (χ4n) is 2.78. The molecule has 6 heteroatoms. The second kappa shape index (κ2) is 5.45. The van der Waals surface area contributed by atoms with E-state index in [9.17, 15) is 14.7 Å². The average molecular weight is 284 g/mol. The Balaban J connectivity index is 2.49. The Morgan fingerprint density at radius 1 is 1.37 bits per heavy atom. The average Bonchev–Trinajstić information content (AvgIpc) is 2.76. The van der Waals surface area contributed by atoms with Gasteiger partial charge in [-0.3, -0.25) is 14.3 Å². The van der Waals surface area contributed by atoms with Gasteiger partial charge in [0.05, 0.1) is 5.56 Å². The van der Waals surface area contributed by atoms with E-state index in [1.165, 1.54) is 4.57 Å². The van der Waals surface area contributed by atoms with Crippen LogP contribution in [0.1, 0.15) is 50.6 Å². The standard InChI is InChI=1S/C13H20N2O3S/c1-7(2)10-11(16)14-13(18)15(12(10)17)8-4-5-9(6-8)19-3/h7-9,17H,4-6H2,1-3H3,(H,14,16,18). The van der Waals surface area contributed by atoms with Crippen LogP contribution >= 0.6 is 11.8 Å². The predicted molar refractivity (Wildman–Crippen MR) is 77.3 cm³/mol. The first kappa shape index (κ1) is 14.2. The van der Waals surface area contributed by atoms with E-state index >= 15 is 0 Å². The zero-order chi connectivity index (χ0) is 14.2. The van der Waals surface area contributed by atoms with Gasteiger partial charge in [-0.2, -0.15) is 11.8 Å². The van der Waals surface area contributed by atoms with Gasteiger partial charge in [0.1, 0.15) is 0 Å². The normalized spacial score (nSPS) is 23.2. The third kappa shape index (κ3) is 2.59. The van der Waals surface area contributed by atoms with Gasteiger partial charge in [0, 0.05) is 11.3 Å². The lowest BCUT2D eigenvalue weighted by molar-refractivity contribution is 0.355. The lowest BCUT2D eigenvalue weighted by Gasteiger charge is -2.18. The van der Waals surface area contributed by atoms with Crippen molar-refractivity contribution in [3.8, 4) is 5.88 Å². The molecule has 1 fully saturated rings. The Kier molecular flexibility index (Phi) is 4.08. The van der Waals surface area contributed by atoms with Gasteiger partial charge in [-0.1, -0.05) is 13.8 Å². The molecule has 0 bridgehead atoms. The van der Waals surface area contributed by atoms with Gasteiger partial charge in [0.15, 0.2) is 0 Å². The smallest absolute Gasteiger partial charge is 0.331 e. The minimum absolute atomic E-state index is 0.0145. The van der Waals surface area contributed by atoms with Crippen LogP contribution in [0.4, 0.5) is 0 Å². The second-order valence-electron chi connectivity index (χ2n) is 5.35. The third-order valence-corrected chi connectivity index (χ3v) is 4.88. The molecule has 1 aromatic heterocycles. The Morgan fingerprint density at radius 2 is 2.05 bits per heavy atom. The summed E-state index contributed by atoms with van der Waals surface area (Å²) in [6, 6.07) is -0.0145. The van der Waals surface area contributed by atoms with Crippen LogP contribution in [0.5, 0.6) is 5.88 Å². The minimum Gasteiger partial charge on any atom is -0.494 e. The maximum absolute atomic E-state index is 12.0. The van der Waals surface area contributed by atoms with Crippen molar-refractivity contribution in [3.05, 3.63) is 26.4 Å². The highest BCUT2D eigenvalue weighted by Gasteiger charge is 2.29. The number of rotatable bonds is 3. The quantitative estimate of drug-likeness (QED) is 0.888. The van der Waals surface area contributed by atoms with Crippen LogP contribution in [0.2, 0.25) is 0 Å². The Hall–Kier alpha value is -1.17. The molecule has 1 heterocycles. The summed E-state index contributed by atoms with van der Waals surface area (Å²) >= 11 is 1.79. The minimum atomic E-state index is -0.501. The lowest BCUT2D eigenvalue weighted by Crippen LogP contribution is -2.34. The maximum Gasteiger partial charge on any atom is 0.331 e. The first-order valence-corrected chi connectivity index (χ1v) is 7.85.